The van der Waals surface area contributed by atoms with Gasteiger partial charge in [0, 0.05) is 13.2 Å². The van der Waals surface area contributed by atoms with Crippen molar-refractivity contribution in [1.29, 1.82) is 0 Å². The SMILES string of the molecule is CCNC(CCC(C)(C)OC)C1CCC(CC)C1. The van der Waals surface area contributed by atoms with Gasteiger partial charge in [-0.3, -0.25) is 0 Å². The molecule has 1 N–H and O–H groups in total. The van der Waals surface area contributed by atoms with Crippen LogP contribution in [0.4, 0.5) is 0 Å². The highest BCUT2D eigenvalue weighted by Gasteiger charge is 2.30. The molecule has 0 aliphatic heterocycles. The predicted octanol–water partition coefficient (Wildman–Crippen LogP) is 4.00. The fraction of sp³-hybridized carbons (Fsp3) is 1.00. The van der Waals surface area contributed by atoms with Crippen LogP contribution in [-0.2, 0) is 4.74 Å². The van der Waals surface area contributed by atoms with Gasteiger partial charge in [0.15, 0.2) is 0 Å². The molecule has 0 bridgehead atoms. The normalized spacial score (nSPS) is 26.5. The van der Waals surface area contributed by atoms with Gasteiger partial charge >= 0.3 is 0 Å². The molecular formula is C16H33NO. The lowest BCUT2D eigenvalue weighted by molar-refractivity contribution is 0.0102. The fourth-order valence-corrected chi connectivity index (χ4v) is 3.22. The average molecular weight is 255 g/mol. The van der Waals surface area contributed by atoms with Crippen LogP contribution in [0.5, 0.6) is 0 Å². The van der Waals surface area contributed by atoms with Crippen LogP contribution in [0.2, 0.25) is 0 Å². The average Bonchev–Trinajstić information content (AvgIpc) is 2.83. The molecule has 18 heavy (non-hydrogen) atoms. The maximum absolute atomic E-state index is 5.54. The van der Waals surface area contributed by atoms with E-state index in [1.54, 1.807) is 0 Å². The molecule has 0 aromatic carbocycles. The van der Waals surface area contributed by atoms with Gasteiger partial charge in [0.2, 0.25) is 0 Å². The maximum Gasteiger partial charge on any atom is 0.0623 e. The molecule has 2 heteroatoms. The first kappa shape index (κ1) is 16.0. The Hall–Kier alpha value is -0.0800. The van der Waals surface area contributed by atoms with Gasteiger partial charge in [-0.25, -0.2) is 0 Å². The zero-order valence-electron chi connectivity index (χ0n) is 13.1. The number of hydrogen-bond donors (Lipinski definition) is 1. The Labute approximate surface area is 114 Å². The maximum atomic E-state index is 5.54. The first-order chi connectivity index (χ1) is 8.52. The molecule has 108 valence electrons. The number of nitrogens with one attached hydrogen (secondary N) is 1. The van der Waals surface area contributed by atoms with E-state index >= 15 is 0 Å². The first-order valence-electron chi connectivity index (χ1n) is 7.81. The van der Waals surface area contributed by atoms with E-state index in [1.165, 1.54) is 32.1 Å². The van der Waals surface area contributed by atoms with Crippen molar-refractivity contribution in [2.24, 2.45) is 11.8 Å². The molecule has 0 saturated heterocycles. The molecule has 1 fully saturated rings. The summed E-state index contributed by atoms with van der Waals surface area (Å²) in [5.41, 5.74) is 0.0242. The topological polar surface area (TPSA) is 21.3 Å². The van der Waals surface area contributed by atoms with Crippen molar-refractivity contribution in [3.05, 3.63) is 0 Å². The van der Waals surface area contributed by atoms with E-state index in [0.717, 1.165) is 24.8 Å². The van der Waals surface area contributed by atoms with Crippen molar-refractivity contribution < 1.29 is 4.74 Å². The molecule has 1 saturated carbocycles. The first-order valence-corrected chi connectivity index (χ1v) is 7.81. The fourth-order valence-electron chi connectivity index (χ4n) is 3.22. The summed E-state index contributed by atoms with van der Waals surface area (Å²) in [6.45, 7) is 10.0. The van der Waals surface area contributed by atoms with Gasteiger partial charge in [0.25, 0.3) is 0 Å². The minimum absolute atomic E-state index is 0.0242. The Morgan fingerprint density at radius 3 is 2.50 bits per heavy atom. The van der Waals surface area contributed by atoms with Crippen LogP contribution in [0.25, 0.3) is 0 Å². The monoisotopic (exact) mass is 255 g/mol. The predicted molar refractivity (Wildman–Crippen MR) is 78.9 cm³/mol. The Morgan fingerprint density at radius 2 is 2.00 bits per heavy atom. The summed E-state index contributed by atoms with van der Waals surface area (Å²) in [4.78, 5) is 0. The van der Waals surface area contributed by atoms with E-state index < -0.39 is 0 Å². The molecule has 0 amide bonds. The van der Waals surface area contributed by atoms with Gasteiger partial charge in [0.05, 0.1) is 5.60 Å². The Morgan fingerprint density at radius 1 is 1.28 bits per heavy atom. The van der Waals surface area contributed by atoms with Gasteiger partial charge in [-0.1, -0.05) is 26.7 Å². The summed E-state index contributed by atoms with van der Waals surface area (Å²) in [6, 6.07) is 0.695. The second kappa shape index (κ2) is 7.49. The molecule has 3 atom stereocenters. The molecule has 1 rings (SSSR count). The van der Waals surface area contributed by atoms with E-state index in [-0.39, 0.29) is 5.60 Å². The lowest BCUT2D eigenvalue weighted by Crippen LogP contribution is -2.37. The van der Waals surface area contributed by atoms with Crippen molar-refractivity contribution in [3.63, 3.8) is 0 Å². The quantitative estimate of drug-likeness (QED) is 0.708. The van der Waals surface area contributed by atoms with Crippen LogP contribution < -0.4 is 5.32 Å². The summed E-state index contributed by atoms with van der Waals surface area (Å²) in [7, 11) is 1.82. The van der Waals surface area contributed by atoms with Crippen LogP contribution in [0.1, 0.15) is 66.2 Å². The zero-order chi connectivity index (χ0) is 13.6. The number of hydrogen-bond acceptors (Lipinski definition) is 2. The van der Waals surface area contributed by atoms with Crippen molar-refractivity contribution in [1.82, 2.24) is 5.32 Å². The van der Waals surface area contributed by atoms with E-state index in [2.05, 4.69) is 33.0 Å². The van der Waals surface area contributed by atoms with Gasteiger partial charge in [-0.05, 0) is 57.9 Å². The summed E-state index contributed by atoms with van der Waals surface area (Å²) in [6.07, 6.45) is 8.05. The summed E-state index contributed by atoms with van der Waals surface area (Å²) < 4.78 is 5.54. The third-order valence-corrected chi connectivity index (χ3v) is 4.80. The van der Waals surface area contributed by atoms with Gasteiger partial charge < -0.3 is 10.1 Å². The van der Waals surface area contributed by atoms with Crippen LogP contribution in [0, 0.1) is 11.8 Å². The van der Waals surface area contributed by atoms with Crippen LogP contribution in [-0.4, -0.2) is 25.3 Å². The minimum Gasteiger partial charge on any atom is -0.379 e. The molecule has 1 aliphatic rings. The summed E-state index contributed by atoms with van der Waals surface area (Å²) >= 11 is 0. The zero-order valence-corrected chi connectivity index (χ0v) is 13.1. The molecular weight excluding hydrogens is 222 g/mol. The van der Waals surface area contributed by atoms with Crippen molar-refractivity contribution in [2.75, 3.05) is 13.7 Å². The second-order valence-corrected chi connectivity index (χ2v) is 6.51. The molecule has 0 heterocycles. The van der Waals surface area contributed by atoms with Crippen molar-refractivity contribution in [2.45, 2.75) is 77.9 Å². The highest BCUT2D eigenvalue weighted by molar-refractivity contribution is 4.85. The van der Waals surface area contributed by atoms with E-state index in [4.69, 9.17) is 4.74 Å². The van der Waals surface area contributed by atoms with Gasteiger partial charge in [0.1, 0.15) is 0 Å². The largest absolute Gasteiger partial charge is 0.379 e. The number of methoxy groups -OCH3 is 1. The molecule has 0 aromatic heterocycles. The van der Waals surface area contributed by atoms with E-state index in [1.807, 2.05) is 7.11 Å². The molecule has 2 nitrogen and oxygen atoms in total. The third-order valence-electron chi connectivity index (χ3n) is 4.80. The smallest absolute Gasteiger partial charge is 0.0623 e. The Kier molecular flexibility index (Phi) is 6.65. The lowest BCUT2D eigenvalue weighted by atomic mass is 9.89. The third kappa shape index (κ3) is 4.89. The van der Waals surface area contributed by atoms with Crippen molar-refractivity contribution >= 4 is 0 Å². The second-order valence-electron chi connectivity index (χ2n) is 6.51. The van der Waals surface area contributed by atoms with E-state index in [9.17, 15) is 0 Å². The Bertz CT molecular complexity index is 227. The van der Waals surface area contributed by atoms with Gasteiger partial charge in [-0.15, -0.1) is 0 Å². The summed E-state index contributed by atoms with van der Waals surface area (Å²) in [5, 5.41) is 3.71. The van der Waals surface area contributed by atoms with Gasteiger partial charge in [-0.2, -0.15) is 0 Å². The lowest BCUT2D eigenvalue weighted by Gasteiger charge is -2.29. The highest BCUT2D eigenvalue weighted by Crippen LogP contribution is 2.36. The minimum atomic E-state index is 0.0242. The van der Waals surface area contributed by atoms with Crippen LogP contribution in [0.3, 0.4) is 0 Å². The number of rotatable bonds is 8. The highest BCUT2D eigenvalue weighted by atomic mass is 16.5. The molecule has 0 radical (unpaired) electrons. The molecule has 0 aromatic rings. The Balaban J connectivity index is 2.45. The number of ether oxygens (including phenoxy) is 1. The molecule has 3 unspecified atom stereocenters. The van der Waals surface area contributed by atoms with Crippen LogP contribution >= 0.6 is 0 Å². The standard InChI is InChI=1S/C16H33NO/c1-6-13-8-9-14(12-13)15(17-7-2)10-11-16(3,4)18-5/h13-15,17H,6-12H2,1-5H3. The van der Waals surface area contributed by atoms with Crippen LogP contribution in [0.15, 0.2) is 0 Å². The molecule has 1 aliphatic carbocycles. The molecule has 0 spiro atoms. The van der Waals surface area contributed by atoms with Crippen molar-refractivity contribution in [3.8, 4) is 0 Å². The van der Waals surface area contributed by atoms with E-state index in [0.29, 0.717) is 6.04 Å². The summed E-state index contributed by atoms with van der Waals surface area (Å²) in [5.74, 6) is 1.87.